The zero-order valence-electron chi connectivity index (χ0n) is 14.0. The molecular formula is C17H32Br2O2Si. The molecule has 0 aromatic rings. The molecule has 0 amide bonds. The summed E-state index contributed by atoms with van der Waals surface area (Å²) in [6.45, 7) is 2.39. The molecule has 0 saturated carbocycles. The van der Waals surface area contributed by atoms with Gasteiger partial charge < -0.3 is 4.74 Å². The van der Waals surface area contributed by atoms with Crippen molar-refractivity contribution in [2.45, 2.75) is 80.5 Å². The number of carbonyl (C=O) groups excluding carboxylic acids is 1. The molecule has 0 rings (SSSR count). The minimum Gasteiger partial charge on any atom is -0.463 e. The van der Waals surface area contributed by atoms with Crippen molar-refractivity contribution in [3.8, 4) is 0 Å². The van der Waals surface area contributed by atoms with E-state index in [1.54, 1.807) is 6.08 Å². The molecule has 0 aliphatic heterocycles. The van der Waals surface area contributed by atoms with E-state index < -0.39 is 0 Å². The fraction of sp³-hybridized carbons (Fsp3) is 0.824. The van der Waals surface area contributed by atoms with E-state index in [0.29, 0.717) is 9.97 Å². The van der Waals surface area contributed by atoms with Crippen molar-refractivity contribution < 1.29 is 9.53 Å². The Morgan fingerprint density at radius 1 is 0.955 bits per heavy atom. The van der Waals surface area contributed by atoms with E-state index >= 15 is 0 Å². The zero-order chi connectivity index (χ0) is 16.5. The third-order valence-electron chi connectivity index (χ3n) is 3.61. The molecule has 5 heteroatoms. The van der Waals surface area contributed by atoms with Crippen LogP contribution in [0.5, 0.6) is 0 Å². The molecule has 0 aromatic heterocycles. The van der Waals surface area contributed by atoms with Gasteiger partial charge in [0.15, 0.2) is 0 Å². The Labute approximate surface area is 155 Å². The Hall–Kier alpha value is 0.387. The maximum Gasteiger partial charge on any atom is 0.330 e. The maximum absolute atomic E-state index is 11.1. The molecule has 22 heavy (non-hydrogen) atoms. The first-order chi connectivity index (χ1) is 10.7. The highest BCUT2D eigenvalue weighted by Gasteiger charge is 1.99. The predicted molar refractivity (Wildman–Crippen MR) is 107 cm³/mol. The molecule has 0 saturated heterocycles. The fourth-order valence-corrected chi connectivity index (χ4v) is 5.24. The Balaban J connectivity index is 3.07. The van der Waals surface area contributed by atoms with Gasteiger partial charge in [-0.2, -0.15) is 0 Å². The van der Waals surface area contributed by atoms with Crippen LogP contribution in [-0.2, 0) is 9.53 Å². The number of carbonyl (C=O) groups is 1. The van der Waals surface area contributed by atoms with Crippen LogP contribution in [-0.4, -0.2) is 25.5 Å². The number of halogens is 2. The van der Waals surface area contributed by atoms with E-state index in [0.717, 1.165) is 6.42 Å². The molecule has 0 aromatic carbocycles. The van der Waals surface area contributed by atoms with Gasteiger partial charge in [-0.25, -0.2) is 4.79 Å². The minimum absolute atomic E-state index is 0.0779. The summed E-state index contributed by atoms with van der Waals surface area (Å²) in [5, 5.41) is 0. The summed E-state index contributed by atoms with van der Waals surface area (Å²) < 4.78 is 5.69. The number of hydrogen-bond donors (Lipinski definition) is 0. The molecule has 130 valence electrons. The summed E-state index contributed by atoms with van der Waals surface area (Å²) in [4.78, 5) is 11.1. The number of rotatable bonds is 15. The average molecular weight is 456 g/mol. The van der Waals surface area contributed by atoms with Crippen molar-refractivity contribution in [1.29, 1.82) is 0 Å². The molecule has 0 spiro atoms. The van der Waals surface area contributed by atoms with Gasteiger partial charge in [0.05, 0.1) is 9.97 Å². The Bertz CT molecular complexity index is 284. The Kier molecular flexibility index (Phi) is 18.0. The van der Waals surface area contributed by atoms with E-state index in [1.165, 1.54) is 69.9 Å². The Morgan fingerprint density at radius 2 is 1.45 bits per heavy atom. The molecule has 0 unspecified atom stereocenters. The lowest BCUT2D eigenvalue weighted by Gasteiger charge is -2.04. The zero-order valence-corrected chi connectivity index (χ0v) is 18.6. The Morgan fingerprint density at radius 3 is 1.95 bits per heavy atom. The number of alkyl halides is 2. The molecule has 0 atom stereocenters. The van der Waals surface area contributed by atoms with Crippen molar-refractivity contribution in [2.24, 2.45) is 0 Å². The summed E-state index contributed by atoms with van der Waals surface area (Å²) in [5.41, 5.74) is 0. The van der Waals surface area contributed by atoms with Crippen LogP contribution in [0, 0.1) is 0 Å². The molecule has 0 aliphatic rings. The number of ether oxygens (including phenoxy) is 1. The standard InChI is InChI=1S/C17H32Br2O2Si/c1-2-13-16(20)21-14-11-9-7-5-3-4-6-8-10-12-15-22-17(18)19/h2,13,17H,3-12,14-15,22H2,1H3. The van der Waals surface area contributed by atoms with Gasteiger partial charge in [-0.05, 0) is 13.3 Å². The third-order valence-corrected chi connectivity index (χ3v) is 7.71. The second-order valence-corrected chi connectivity index (χ2v) is 13.7. The van der Waals surface area contributed by atoms with Crippen LogP contribution in [0.1, 0.15) is 71.1 Å². The van der Waals surface area contributed by atoms with E-state index in [2.05, 4.69) is 31.9 Å². The lowest BCUT2D eigenvalue weighted by Crippen LogP contribution is -2.01. The van der Waals surface area contributed by atoms with Crippen molar-refractivity contribution in [3.05, 3.63) is 12.2 Å². The normalized spacial score (nSPS) is 12.0. The molecule has 0 heterocycles. The second kappa shape index (κ2) is 17.7. The number of unbranched alkanes of at least 4 members (excludes halogenated alkanes) is 9. The van der Waals surface area contributed by atoms with Crippen molar-refractivity contribution >= 4 is 47.3 Å². The highest BCUT2D eigenvalue weighted by atomic mass is 79.9. The summed E-state index contributed by atoms with van der Waals surface area (Å²) in [6, 6.07) is 1.46. The molecule has 2 nitrogen and oxygen atoms in total. The van der Waals surface area contributed by atoms with Crippen LogP contribution >= 0.6 is 31.9 Å². The number of esters is 1. The van der Waals surface area contributed by atoms with Crippen LogP contribution in [0.2, 0.25) is 6.04 Å². The van der Waals surface area contributed by atoms with Crippen molar-refractivity contribution in [1.82, 2.24) is 0 Å². The van der Waals surface area contributed by atoms with Gasteiger partial charge in [-0.1, -0.05) is 102 Å². The first kappa shape index (κ1) is 22.4. The first-order valence-electron chi connectivity index (χ1n) is 8.74. The molecule has 0 fully saturated rings. The first-order valence-corrected chi connectivity index (χ1v) is 12.4. The number of hydrogen-bond acceptors (Lipinski definition) is 2. The quantitative estimate of drug-likeness (QED) is 0.104. The van der Waals surface area contributed by atoms with Crippen LogP contribution in [0.4, 0.5) is 0 Å². The highest BCUT2D eigenvalue weighted by Crippen LogP contribution is 2.13. The van der Waals surface area contributed by atoms with Crippen LogP contribution in [0.15, 0.2) is 12.2 Å². The molecule has 0 N–H and O–H groups in total. The minimum atomic E-state index is -0.215. The topological polar surface area (TPSA) is 26.3 Å². The van der Waals surface area contributed by atoms with Gasteiger partial charge >= 0.3 is 5.97 Å². The molecular weight excluding hydrogens is 424 g/mol. The predicted octanol–water partition coefficient (Wildman–Crippen LogP) is 5.67. The lowest BCUT2D eigenvalue weighted by molar-refractivity contribution is -0.137. The monoisotopic (exact) mass is 454 g/mol. The highest BCUT2D eigenvalue weighted by molar-refractivity contribution is 9.25. The van der Waals surface area contributed by atoms with Gasteiger partial charge in [-0.3, -0.25) is 0 Å². The van der Waals surface area contributed by atoms with Gasteiger partial charge in [0.1, 0.15) is 0 Å². The summed E-state index contributed by atoms with van der Waals surface area (Å²) in [7, 11) is 0.0779. The summed E-state index contributed by atoms with van der Waals surface area (Å²) in [6.07, 6.45) is 16.3. The smallest absolute Gasteiger partial charge is 0.330 e. The fourth-order valence-electron chi connectivity index (χ4n) is 2.35. The number of allylic oxidation sites excluding steroid dienone is 1. The molecule has 0 bridgehead atoms. The van der Waals surface area contributed by atoms with E-state index in [4.69, 9.17) is 4.74 Å². The third kappa shape index (κ3) is 18.4. The maximum atomic E-state index is 11.1. The van der Waals surface area contributed by atoms with Gasteiger partial charge in [0.25, 0.3) is 0 Å². The van der Waals surface area contributed by atoms with Crippen LogP contribution < -0.4 is 0 Å². The molecule has 0 radical (unpaired) electrons. The van der Waals surface area contributed by atoms with Crippen molar-refractivity contribution in [3.63, 3.8) is 0 Å². The van der Waals surface area contributed by atoms with Gasteiger partial charge in [0.2, 0.25) is 0 Å². The molecule has 0 aliphatic carbocycles. The van der Waals surface area contributed by atoms with E-state index in [9.17, 15) is 4.79 Å². The van der Waals surface area contributed by atoms with Crippen molar-refractivity contribution in [2.75, 3.05) is 6.61 Å². The van der Waals surface area contributed by atoms with Crippen LogP contribution in [0.25, 0.3) is 0 Å². The van der Waals surface area contributed by atoms with Gasteiger partial charge in [-0.15, -0.1) is 0 Å². The average Bonchev–Trinajstić information content (AvgIpc) is 2.47. The van der Waals surface area contributed by atoms with E-state index in [-0.39, 0.29) is 15.5 Å². The summed E-state index contributed by atoms with van der Waals surface area (Å²) in [5.74, 6) is -0.215. The van der Waals surface area contributed by atoms with Crippen LogP contribution in [0.3, 0.4) is 0 Å². The largest absolute Gasteiger partial charge is 0.463 e. The van der Waals surface area contributed by atoms with Gasteiger partial charge in [0, 0.05) is 15.6 Å². The van der Waals surface area contributed by atoms with E-state index in [1.807, 2.05) is 6.92 Å². The summed E-state index contributed by atoms with van der Waals surface area (Å²) >= 11 is 7.15. The second-order valence-electron chi connectivity index (χ2n) is 5.74. The lowest BCUT2D eigenvalue weighted by atomic mass is 10.1. The SMILES string of the molecule is CC=CC(=O)OCCCCCCCCCCCC[SiH2]C(Br)Br.